The van der Waals surface area contributed by atoms with Gasteiger partial charge in [0.1, 0.15) is 5.15 Å². The van der Waals surface area contributed by atoms with Gasteiger partial charge in [-0.1, -0.05) is 42.3 Å². The minimum atomic E-state index is 0.336. The summed E-state index contributed by atoms with van der Waals surface area (Å²) in [6.45, 7) is 11.0. The molecule has 0 N–H and O–H groups in total. The Kier molecular flexibility index (Phi) is 4.63. The normalized spacial score (nSPS) is 12.6. The number of aromatic nitrogens is 2. The van der Waals surface area contributed by atoms with Gasteiger partial charge in [0.25, 0.3) is 0 Å². The van der Waals surface area contributed by atoms with E-state index in [0.29, 0.717) is 16.9 Å². The monoisotopic (exact) mass is 258 g/mol. The molecule has 0 aliphatic rings. The van der Waals surface area contributed by atoms with Gasteiger partial charge in [0.05, 0.1) is 6.33 Å². The minimum absolute atomic E-state index is 0.336. The highest BCUT2D eigenvalue weighted by atomic mass is 35.5. The molecule has 16 heavy (non-hydrogen) atoms. The summed E-state index contributed by atoms with van der Waals surface area (Å²) in [4.78, 5) is 3.93. The first-order valence-corrected chi connectivity index (χ1v) is 5.93. The quantitative estimate of drug-likeness (QED) is 0.728. The molecule has 0 unspecified atom stereocenters. The zero-order chi connectivity index (χ0) is 12.3. The van der Waals surface area contributed by atoms with Crippen molar-refractivity contribution in [1.82, 2.24) is 9.55 Å². The first kappa shape index (κ1) is 13.3. The molecule has 0 aliphatic carbocycles. The molecular weight excluding hydrogens is 243 g/mol. The zero-order valence-corrected chi connectivity index (χ0v) is 11.4. The molecule has 88 valence electrons. The average molecular weight is 259 g/mol. The Hall–Kier alpha value is -0.730. The van der Waals surface area contributed by atoms with E-state index in [1.807, 2.05) is 0 Å². The second kappa shape index (κ2) is 5.55. The summed E-state index contributed by atoms with van der Waals surface area (Å²) in [5, 5.41) is 0.799. The van der Waals surface area contributed by atoms with Crippen LogP contribution in [0.4, 0.5) is 0 Å². The SMILES string of the molecule is C=C(Cn1cnc(Cl)c1Cl)/C(C)=C(\C)CC. The molecule has 0 radical (unpaired) electrons. The highest BCUT2D eigenvalue weighted by Gasteiger charge is 2.08. The summed E-state index contributed by atoms with van der Waals surface area (Å²) >= 11 is 11.8. The molecule has 0 aromatic carbocycles. The molecule has 1 aromatic heterocycles. The summed E-state index contributed by atoms with van der Waals surface area (Å²) in [6, 6.07) is 0. The van der Waals surface area contributed by atoms with Crippen molar-refractivity contribution >= 4 is 23.2 Å². The van der Waals surface area contributed by atoms with E-state index in [-0.39, 0.29) is 0 Å². The predicted molar refractivity (Wildman–Crippen MR) is 70.1 cm³/mol. The summed E-state index contributed by atoms with van der Waals surface area (Å²) in [5.41, 5.74) is 3.60. The van der Waals surface area contributed by atoms with E-state index in [2.05, 4.69) is 32.3 Å². The van der Waals surface area contributed by atoms with E-state index in [4.69, 9.17) is 23.2 Å². The molecule has 4 heteroatoms. The molecule has 0 bridgehead atoms. The Morgan fingerprint density at radius 3 is 2.50 bits per heavy atom. The van der Waals surface area contributed by atoms with Crippen LogP contribution in [-0.4, -0.2) is 9.55 Å². The molecule has 0 aliphatic heterocycles. The number of imidazole rings is 1. The van der Waals surface area contributed by atoms with Crippen molar-refractivity contribution < 1.29 is 0 Å². The average Bonchev–Trinajstić information content (AvgIpc) is 2.58. The molecule has 0 saturated carbocycles. The highest BCUT2D eigenvalue weighted by molar-refractivity contribution is 6.40. The summed E-state index contributed by atoms with van der Waals surface area (Å²) in [5.74, 6) is 0. The molecular formula is C12H16Cl2N2. The predicted octanol–water partition coefficient (Wildman–Crippen LogP) is 4.49. The van der Waals surface area contributed by atoms with Crippen LogP contribution in [0, 0.1) is 0 Å². The van der Waals surface area contributed by atoms with Crippen molar-refractivity contribution in [2.45, 2.75) is 33.7 Å². The third kappa shape index (κ3) is 2.89. The van der Waals surface area contributed by atoms with Crippen LogP contribution in [0.25, 0.3) is 0 Å². The number of rotatable bonds is 4. The Bertz CT molecular complexity index is 430. The van der Waals surface area contributed by atoms with Crippen LogP contribution < -0.4 is 0 Å². The Balaban J connectivity index is 2.84. The van der Waals surface area contributed by atoms with Gasteiger partial charge in [-0.2, -0.15) is 0 Å². The Morgan fingerprint density at radius 2 is 2.06 bits per heavy atom. The second-order valence-corrected chi connectivity index (χ2v) is 4.53. The molecule has 1 aromatic rings. The van der Waals surface area contributed by atoms with E-state index < -0.39 is 0 Å². The van der Waals surface area contributed by atoms with Gasteiger partial charge >= 0.3 is 0 Å². The van der Waals surface area contributed by atoms with Gasteiger partial charge < -0.3 is 4.57 Å². The van der Waals surface area contributed by atoms with Gasteiger partial charge in [0, 0.05) is 6.54 Å². The van der Waals surface area contributed by atoms with Gasteiger partial charge in [-0.05, 0) is 31.4 Å². The van der Waals surface area contributed by atoms with E-state index in [0.717, 1.165) is 12.0 Å². The lowest BCUT2D eigenvalue weighted by Crippen LogP contribution is -2.01. The smallest absolute Gasteiger partial charge is 0.166 e. The maximum atomic E-state index is 5.98. The van der Waals surface area contributed by atoms with Crippen molar-refractivity contribution in [3.05, 3.63) is 39.9 Å². The molecule has 1 rings (SSSR count). The van der Waals surface area contributed by atoms with Crippen LogP contribution in [0.3, 0.4) is 0 Å². The van der Waals surface area contributed by atoms with Crippen molar-refractivity contribution in [3.8, 4) is 0 Å². The van der Waals surface area contributed by atoms with Gasteiger partial charge in [-0.25, -0.2) is 4.98 Å². The van der Waals surface area contributed by atoms with Crippen molar-refractivity contribution in [2.75, 3.05) is 0 Å². The maximum Gasteiger partial charge on any atom is 0.166 e. The first-order chi connectivity index (χ1) is 7.47. The fraction of sp³-hybridized carbons (Fsp3) is 0.417. The fourth-order valence-electron chi connectivity index (χ4n) is 1.34. The van der Waals surface area contributed by atoms with Crippen LogP contribution in [0.1, 0.15) is 27.2 Å². The lowest BCUT2D eigenvalue weighted by Gasteiger charge is -2.11. The van der Waals surface area contributed by atoms with Crippen LogP contribution in [0.15, 0.2) is 29.6 Å². The van der Waals surface area contributed by atoms with Crippen LogP contribution in [0.2, 0.25) is 10.3 Å². The maximum absolute atomic E-state index is 5.98. The number of allylic oxidation sites excluding steroid dienone is 3. The Morgan fingerprint density at radius 1 is 1.44 bits per heavy atom. The molecule has 0 saturated heterocycles. The molecule has 0 spiro atoms. The van der Waals surface area contributed by atoms with Crippen LogP contribution in [0.5, 0.6) is 0 Å². The van der Waals surface area contributed by atoms with Crippen molar-refractivity contribution in [3.63, 3.8) is 0 Å². The Labute approximate surface area is 107 Å². The lowest BCUT2D eigenvalue weighted by atomic mass is 10.0. The van der Waals surface area contributed by atoms with Gasteiger partial charge in [-0.15, -0.1) is 0 Å². The van der Waals surface area contributed by atoms with Crippen LogP contribution >= 0.6 is 23.2 Å². The fourth-order valence-corrected chi connectivity index (χ4v) is 1.65. The standard InChI is InChI=1S/C12H16Cl2N2/c1-5-8(2)10(4)9(3)6-16-7-15-11(13)12(16)14/h7H,3,5-6H2,1-2,4H3/b10-8+. The van der Waals surface area contributed by atoms with E-state index in [9.17, 15) is 0 Å². The van der Waals surface area contributed by atoms with Gasteiger partial charge in [0.15, 0.2) is 5.15 Å². The van der Waals surface area contributed by atoms with Crippen molar-refractivity contribution in [1.29, 1.82) is 0 Å². The summed E-state index contributed by atoms with van der Waals surface area (Å²) in [7, 11) is 0. The van der Waals surface area contributed by atoms with E-state index in [1.54, 1.807) is 10.9 Å². The molecule has 0 atom stereocenters. The van der Waals surface area contributed by atoms with Gasteiger partial charge in [0.2, 0.25) is 0 Å². The largest absolute Gasteiger partial charge is 0.316 e. The molecule has 1 heterocycles. The number of hydrogen-bond donors (Lipinski definition) is 0. The zero-order valence-electron chi connectivity index (χ0n) is 9.85. The van der Waals surface area contributed by atoms with Crippen molar-refractivity contribution in [2.24, 2.45) is 0 Å². The number of nitrogens with zero attached hydrogens (tertiary/aromatic N) is 2. The third-order valence-corrected chi connectivity index (χ3v) is 3.56. The van der Waals surface area contributed by atoms with Gasteiger partial charge in [-0.3, -0.25) is 0 Å². The van der Waals surface area contributed by atoms with Crippen LogP contribution in [-0.2, 0) is 6.54 Å². The molecule has 0 amide bonds. The van der Waals surface area contributed by atoms with E-state index in [1.165, 1.54) is 11.1 Å². The number of halogens is 2. The topological polar surface area (TPSA) is 17.8 Å². The third-order valence-electron chi connectivity index (χ3n) is 2.79. The molecule has 2 nitrogen and oxygen atoms in total. The number of hydrogen-bond acceptors (Lipinski definition) is 1. The lowest BCUT2D eigenvalue weighted by molar-refractivity contribution is 0.787. The summed E-state index contributed by atoms with van der Waals surface area (Å²) in [6.07, 6.45) is 2.66. The molecule has 0 fully saturated rings. The first-order valence-electron chi connectivity index (χ1n) is 5.18. The van der Waals surface area contributed by atoms with E-state index >= 15 is 0 Å². The highest BCUT2D eigenvalue weighted by Crippen LogP contribution is 2.23. The summed E-state index contributed by atoms with van der Waals surface area (Å²) < 4.78 is 1.79. The minimum Gasteiger partial charge on any atom is -0.316 e. The second-order valence-electron chi connectivity index (χ2n) is 3.82.